The van der Waals surface area contributed by atoms with Crippen molar-refractivity contribution in [2.45, 2.75) is 63.8 Å². The number of amides is 1. The first-order valence-corrected chi connectivity index (χ1v) is 13.7. The number of benzene rings is 1. The summed E-state index contributed by atoms with van der Waals surface area (Å²) >= 11 is 1.33. The Labute approximate surface area is 233 Å². The Morgan fingerprint density at radius 2 is 1.85 bits per heavy atom. The van der Waals surface area contributed by atoms with Crippen molar-refractivity contribution in [3.05, 3.63) is 52.9 Å². The molecule has 0 bridgehead atoms. The number of aliphatic hydroxyl groups is 3. The molecular weight excluding hydrogens is 547 g/mol. The second-order valence-electron chi connectivity index (χ2n) is 10.2. The third kappa shape index (κ3) is 6.43. The van der Waals surface area contributed by atoms with E-state index >= 15 is 0 Å². The molecule has 1 aromatic carbocycles. The number of aryl methyl sites for hydroxylation is 1. The zero-order valence-electron chi connectivity index (χ0n) is 22.1. The lowest BCUT2D eigenvalue weighted by Crippen LogP contribution is -2.51. The number of aliphatic hydroxyl groups excluding tert-OH is 2. The zero-order valence-corrected chi connectivity index (χ0v) is 22.9. The summed E-state index contributed by atoms with van der Waals surface area (Å²) in [6, 6.07) is 6.04. The molecule has 2 heterocycles. The van der Waals surface area contributed by atoms with Crippen LogP contribution in [0.4, 0.5) is 24.8 Å². The molecule has 40 heavy (non-hydrogen) atoms. The number of alkyl halides is 3. The number of nitrogens with zero attached hydrogens (tertiary/aromatic N) is 3. The third-order valence-corrected chi connectivity index (χ3v) is 8.62. The first-order chi connectivity index (χ1) is 18.9. The highest BCUT2D eigenvalue weighted by molar-refractivity contribution is 7.15. The van der Waals surface area contributed by atoms with Crippen molar-refractivity contribution in [3.63, 3.8) is 0 Å². The minimum absolute atomic E-state index is 0.177. The van der Waals surface area contributed by atoms with Crippen molar-refractivity contribution >= 4 is 28.9 Å². The van der Waals surface area contributed by atoms with Crippen LogP contribution >= 0.6 is 11.3 Å². The maximum atomic E-state index is 13.0. The monoisotopic (exact) mass is 579 g/mol. The Morgan fingerprint density at radius 1 is 1.15 bits per heavy atom. The highest BCUT2D eigenvalue weighted by Crippen LogP contribution is 2.41. The van der Waals surface area contributed by atoms with E-state index < -0.39 is 42.0 Å². The molecule has 4 rings (SSSR count). The molecule has 5 N–H and O–H groups in total. The average molecular weight is 580 g/mol. The SMILES string of the molecule is CCC(CO)(CO)C(=O)N[C@H]1CC[C@](O)(c2ncc(-c3cc(C)cc(Nc4nccc(C(F)(F)F)n4)c3)s2)CC1. The molecule has 1 amide bonds. The van der Waals surface area contributed by atoms with E-state index in [1.165, 1.54) is 11.3 Å². The van der Waals surface area contributed by atoms with E-state index in [1.54, 1.807) is 25.3 Å². The molecule has 13 heteroatoms. The largest absolute Gasteiger partial charge is 0.433 e. The normalized spacial score (nSPS) is 19.9. The predicted octanol–water partition coefficient (Wildman–Crippen LogP) is 4.30. The molecule has 3 aromatic rings. The minimum Gasteiger partial charge on any atom is -0.395 e. The number of carbonyl (C=O) groups is 1. The number of hydrogen-bond acceptors (Lipinski definition) is 9. The average Bonchev–Trinajstić information content (AvgIpc) is 3.42. The van der Waals surface area contributed by atoms with E-state index in [0.29, 0.717) is 42.8 Å². The van der Waals surface area contributed by atoms with Gasteiger partial charge < -0.3 is 26.0 Å². The second kappa shape index (κ2) is 11.8. The number of thiazole rings is 1. The molecule has 0 radical (unpaired) electrons. The van der Waals surface area contributed by atoms with E-state index in [0.717, 1.165) is 28.3 Å². The van der Waals surface area contributed by atoms with Crippen molar-refractivity contribution < 1.29 is 33.3 Å². The highest BCUT2D eigenvalue weighted by Gasteiger charge is 2.41. The topological polar surface area (TPSA) is 140 Å². The van der Waals surface area contributed by atoms with Crippen LogP contribution in [0.5, 0.6) is 0 Å². The lowest BCUT2D eigenvalue weighted by molar-refractivity contribution is -0.141. The van der Waals surface area contributed by atoms with E-state index in [2.05, 4.69) is 25.6 Å². The van der Waals surface area contributed by atoms with E-state index in [9.17, 15) is 33.3 Å². The molecule has 0 aliphatic heterocycles. The maximum Gasteiger partial charge on any atom is 0.433 e. The molecular formula is C27H32F3N5O4S. The van der Waals surface area contributed by atoms with Crippen molar-refractivity contribution in [2.24, 2.45) is 5.41 Å². The summed E-state index contributed by atoms with van der Waals surface area (Å²) < 4.78 is 39.1. The second-order valence-corrected chi connectivity index (χ2v) is 11.3. The molecule has 0 unspecified atom stereocenters. The van der Waals surface area contributed by atoms with Crippen LogP contribution in [0.15, 0.2) is 36.7 Å². The molecule has 1 aliphatic carbocycles. The Hall–Kier alpha value is -3.13. The third-order valence-electron chi connectivity index (χ3n) is 7.38. The first-order valence-electron chi connectivity index (χ1n) is 12.9. The van der Waals surface area contributed by atoms with Crippen LogP contribution in [0.1, 0.15) is 55.3 Å². The fourth-order valence-corrected chi connectivity index (χ4v) is 5.74. The van der Waals surface area contributed by atoms with Gasteiger partial charge in [-0.05, 0) is 68.4 Å². The van der Waals surface area contributed by atoms with Crippen LogP contribution in [-0.2, 0) is 16.6 Å². The van der Waals surface area contributed by atoms with Gasteiger partial charge in [0.2, 0.25) is 11.9 Å². The number of carbonyl (C=O) groups excluding carboxylic acids is 1. The molecule has 0 atom stereocenters. The Bertz CT molecular complexity index is 1330. The standard InChI is InChI=1S/C27H32F3N5O4S/c1-3-25(14-36,15-37)22(38)33-18-4-7-26(39,8-5-18)23-32-13-20(40-23)17-10-16(2)11-19(12-17)34-24-31-9-6-21(35-24)27(28,29)30/h6,9-13,18,36-37,39H,3-5,7-8,14-15H2,1-2H3,(H,33,38)(H,31,34,35)/t18-,26+. The summed E-state index contributed by atoms with van der Waals surface area (Å²) in [6.45, 7) is 2.69. The van der Waals surface area contributed by atoms with Gasteiger partial charge in [0.15, 0.2) is 0 Å². The van der Waals surface area contributed by atoms with Gasteiger partial charge in [-0.3, -0.25) is 4.79 Å². The van der Waals surface area contributed by atoms with Crippen molar-refractivity contribution in [2.75, 3.05) is 18.5 Å². The van der Waals surface area contributed by atoms with Gasteiger partial charge >= 0.3 is 6.18 Å². The predicted molar refractivity (Wildman–Crippen MR) is 144 cm³/mol. The highest BCUT2D eigenvalue weighted by atomic mass is 32.1. The summed E-state index contributed by atoms with van der Waals surface area (Å²) in [7, 11) is 0. The van der Waals surface area contributed by atoms with Gasteiger partial charge in [-0.1, -0.05) is 13.0 Å². The number of hydrogen-bond donors (Lipinski definition) is 5. The van der Waals surface area contributed by atoms with Crippen LogP contribution < -0.4 is 10.6 Å². The van der Waals surface area contributed by atoms with Gasteiger partial charge in [0.05, 0.1) is 23.5 Å². The molecule has 1 fully saturated rings. The van der Waals surface area contributed by atoms with Crippen LogP contribution in [0.2, 0.25) is 0 Å². The summed E-state index contributed by atoms with van der Waals surface area (Å²) in [6.07, 6.45) is 0.166. The van der Waals surface area contributed by atoms with Crippen LogP contribution in [0.25, 0.3) is 10.4 Å². The Kier molecular flexibility index (Phi) is 8.78. The zero-order chi connectivity index (χ0) is 29.1. The molecule has 1 saturated carbocycles. The van der Waals surface area contributed by atoms with Crippen molar-refractivity contribution in [3.8, 4) is 10.4 Å². The number of rotatable bonds is 9. The molecule has 216 valence electrons. The van der Waals surface area contributed by atoms with Gasteiger partial charge in [-0.25, -0.2) is 15.0 Å². The summed E-state index contributed by atoms with van der Waals surface area (Å²) in [4.78, 5) is 25.4. The van der Waals surface area contributed by atoms with E-state index in [4.69, 9.17) is 0 Å². The summed E-state index contributed by atoms with van der Waals surface area (Å²) in [5, 5.41) is 36.9. The Morgan fingerprint density at radius 3 is 2.48 bits per heavy atom. The number of anilines is 2. The smallest absolute Gasteiger partial charge is 0.395 e. The van der Waals surface area contributed by atoms with Crippen molar-refractivity contribution in [1.82, 2.24) is 20.3 Å². The molecule has 2 aromatic heterocycles. The van der Waals surface area contributed by atoms with E-state index in [1.807, 2.05) is 13.0 Å². The lowest BCUT2D eigenvalue weighted by atomic mass is 9.81. The maximum absolute atomic E-state index is 13.0. The Balaban J connectivity index is 1.45. The van der Waals surface area contributed by atoms with E-state index in [-0.39, 0.29) is 12.0 Å². The van der Waals surface area contributed by atoms with Gasteiger partial charge in [-0.15, -0.1) is 11.3 Å². The fraction of sp³-hybridized carbons (Fsp3) is 0.481. The quantitative estimate of drug-likeness (QED) is 0.253. The van der Waals surface area contributed by atoms with Gasteiger partial charge in [0, 0.05) is 24.1 Å². The number of aromatic nitrogens is 3. The van der Waals surface area contributed by atoms with Crippen LogP contribution in [0.3, 0.4) is 0 Å². The minimum atomic E-state index is -4.58. The summed E-state index contributed by atoms with van der Waals surface area (Å²) in [5.74, 6) is -0.574. The van der Waals surface area contributed by atoms with Crippen molar-refractivity contribution in [1.29, 1.82) is 0 Å². The number of halogens is 3. The molecule has 9 nitrogen and oxygen atoms in total. The summed E-state index contributed by atoms with van der Waals surface area (Å²) in [5.41, 5.74) is -1.31. The van der Waals surface area contributed by atoms with Gasteiger partial charge in [0.1, 0.15) is 16.3 Å². The number of nitrogens with one attached hydrogen (secondary N) is 2. The van der Waals surface area contributed by atoms with Gasteiger partial charge in [0.25, 0.3) is 0 Å². The lowest BCUT2D eigenvalue weighted by Gasteiger charge is -2.36. The van der Waals surface area contributed by atoms with Crippen LogP contribution in [0, 0.1) is 12.3 Å². The molecule has 1 aliphatic rings. The molecule has 0 saturated heterocycles. The molecule has 0 spiro atoms. The van der Waals surface area contributed by atoms with Crippen LogP contribution in [-0.4, -0.2) is 55.4 Å². The first kappa shape index (κ1) is 29.8. The fourth-order valence-electron chi connectivity index (χ4n) is 4.70. The van der Waals surface area contributed by atoms with Gasteiger partial charge in [-0.2, -0.15) is 13.2 Å².